The van der Waals surface area contributed by atoms with Crippen LogP contribution in [0.4, 0.5) is 15.8 Å². The van der Waals surface area contributed by atoms with Crippen LogP contribution >= 0.6 is 15.9 Å². The van der Waals surface area contributed by atoms with Crippen LogP contribution in [0.5, 0.6) is 0 Å². The largest absolute Gasteiger partial charge is 0.396 e. The van der Waals surface area contributed by atoms with Gasteiger partial charge < -0.3 is 11.1 Å². The minimum atomic E-state index is -0.215. The molecule has 2 rings (SSSR count). The second-order valence-electron chi connectivity index (χ2n) is 3.89. The maximum Gasteiger partial charge on any atom is 0.123 e. The molecule has 0 aliphatic carbocycles. The number of nitrogens with two attached hydrogens (primary N) is 1. The molecule has 0 amide bonds. The fourth-order valence-corrected chi connectivity index (χ4v) is 2.11. The Bertz CT molecular complexity index is 508. The number of rotatable bonds is 4. The van der Waals surface area contributed by atoms with Gasteiger partial charge in [-0.2, -0.15) is 0 Å². The summed E-state index contributed by atoms with van der Waals surface area (Å²) in [5.41, 5.74) is 8.33. The molecule has 0 saturated heterocycles. The van der Waals surface area contributed by atoms with E-state index >= 15 is 0 Å². The molecule has 5 heteroatoms. The Morgan fingerprint density at radius 2 is 1.94 bits per heavy atom. The van der Waals surface area contributed by atoms with E-state index in [2.05, 4.69) is 26.2 Å². The van der Waals surface area contributed by atoms with Crippen LogP contribution in [-0.2, 0) is 6.42 Å². The third kappa shape index (κ3) is 3.20. The number of anilines is 2. The highest BCUT2D eigenvalue weighted by Crippen LogP contribution is 2.26. The summed E-state index contributed by atoms with van der Waals surface area (Å²) < 4.78 is 13.6. The van der Waals surface area contributed by atoms with Crippen molar-refractivity contribution < 1.29 is 4.39 Å². The smallest absolute Gasteiger partial charge is 0.123 e. The number of halogens is 2. The van der Waals surface area contributed by atoms with Crippen molar-refractivity contribution in [1.82, 2.24) is 4.98 Å². The predicted molar refractivity (Wildman–Crippen MR) is 74.9 cm³/mol. The molecule has 94 valence electrons. The van der Waals surface area contributed by atoms with Gasteiger partial charge in [-0.25, -0.2) is 4.39 Å². The van der Waals surface area contributed by atoms with E-state index < -0.39 is 0 Å². The second-order valence-corrected chi connectivity index (χ2v) is 4.74. The summed E-state index contributed by atoms with van der Waals surface area (Å²) in [5, 5.41) is 3.24. The third-order valence-electron chi connectivity index (χ3n) is 2.56. The van der Waals surface area contributed by atoms with Crippen molar-refractivity contribution in [2.75, 3.05) is 17.6 Å². The molecule has 0 aliphatic rings. The number of pyridine rings is 1. The first kappa shape index (κ1) is 12.8. The first-order valence-electron chi connectivity index (χ1n) is 5.54. The van der Waals surface area contributed by atoms with Gasteiger partial charge in [-0.15, -0.1) is 0 Å². The van der Waals surface area contributed by atoms with E-state index in [0.717, 1.165) is 28.7 Å². The SMILES string of the molecule is Nc1cncc(Br)c1NCCc1ccc(F)cc1. The lowest BCUT2D eigenvalue weighted by molar-refractivity contribution is 0.627. The molecule has 1 aromatic heterocycles. The van der Waals surface area contributed by atoms with Gasteiger partial charge in [0, 0.05) is 12.7 Å². The van der Waals surface area contributed by atoms with Crippen LogP contribution < -0.4 is 11.1 Å². The molecule has 0 bridgehead atoms. The number of aromatic nitrogens is 1. The lowest BCUT2D eigenvalue weighted by Gasteiger charge is -2.10. The summed E-state index contributed by atoms with van der Waals surface area (Å²) in [6, 6.07) is 6.49. The molecule has 0 saturated carbocycles. The zero-order valence-corrected chi connectivity index (χ0v) is 11.2. The summed E-state index contributed by atoms with van der Waals surface area (Å²) in [6.07, 6.45) is 4.09. The normalized spacial score (nSPS) is 10.3. The highest BCUT2D eigenvalue weighted by Gasteiger charge is 2.03. The first-order chi connectivity index (χ1) is 8.66. The van der Waals surface area contributed by atoms with Crippen molar-refractivity contribution in [2.45, 2.75) is 6.42 Å². The maximum absolute atomic E-state index is 12.7. The molecular weight excluding hydrogens is 297 g/mol. The van der Waals surface area contributed by atoms with Gasteiger partial charge in [-0.05, 0) is 40.0 Å². The van der Waals surface area contributed by atoms with E-state index in [4.69, 9.17) is 5.73 Å². The summed E-state index contributed by atoms with van der Waals surface area (Å²) in [7, 11) is 0. The standard InChI is InChI=1S/C13H13BrFN3/c14-11-7-17-8-12(16)13(11)18-6-5-9-1-3-10(15)4-2-9/h1-4,7-8H,5-6,16H2,(H,17,18). The van der Waals surface area contributed by atoms with Crippen molar-refractivity contribution in [1.29, 1.82) is 0 Å². The van der Waals surface area contributed by atoms with E-state index in [-0.39, 0.29) is 5.82 Å². The maximum atomic E-state index is 12.7. The average molecular weight is 310 g/mol. The number of nitrogens with zero attached hydrogens (tertiary/aromatic N) is 1. The highest BCUT2D eigenvalue weighted by molar-refractivity contribution is 9.10. The summed E-state index contributed by atoms with van der Waals surface area (Å²) in [5.74, 6) is -0.215. The molecule has 0 spiro atoms. The molecule has 3 nitrogen and oxygen atoms in total. The molecule has 1 heterocycles. The summed E-state index contributed by atoms with van der Waals surface area (Å²) in [6.45, 7) is 0.721. The fraction of sp³-hybridized carbons (Fsp3) is 0.154. The van der Waals surface area contributed by atoms with Gasteiger partial charge in [0.2, 0.25) is 0 Å². The lowest BCUT2D eigenvalue weighted by Crippen LogP contribution is -2.07. The second kappa shape index (κ2) is 5.82. The van der Waals surface area contributed by atoms with Crippen LogP contribution in [0.2, 0.25) is 0 Å². The number of benzene rings is 1. The summed E-state index contributed by atoms with van der Waals surface area (Å²) >= 11 is 3.39. The molecule has 0 aliphatic heterocycles. The van der Waals surface area contributed by atoms with E-state index in [1.165, 1.54) is 12.1 Å². The monoisotopic (exact) mass is 309 g/mol. The fourth-order valence-electron chi connectivity index (χ4n) is 1.62. The number of nitrogen functional groups attached to an aromatic ring is 1. The number of nitrogens with one attached hydrogen (secondary N) is 1. The Balaban J connectivity index is 1.94. The Hall–Kier alpha value is -1.62. The zero-order valence-electron chi connectivity index (χ0n) is 9.66. The molecule has 0 unspecified atom stereocenters. The van der Waals surface area contributed by atoms with Crippen molar-refractivity contribution in [3.63, 3.8) is 0 Å². The highest BCUT2D eigenvalue weighted by atomic mass is 79.9. The van der Waals surface area contributed by atoms with Crippen molar-refractivity contribution >= 4 is 27.3 Å². The molecule has 2 aromatic rings. The third-order valence-corrected chi connectivity index (χ3v) is 3.16. The van der Waals surface area contributed by atoms with Crippen molar-refractivity contribution in [3.05, 3.63) is 52.5 Å². The minimum Gasteiger partial charge on any atom is -0.396 e. The van der Waals surface area contributed by atoms with E-state index in [9.17, 15) is 4.39 Å². The van der Waals surface area contributed by atoms with Gasteiger partial charge in [-0.3, -0.25) is 4.98 Å². The van der Waals surface area contributed by atoms with Crippen LogP contribution in [0, 0.1) is 5.82 Å². The van der Waals surface area contributed by atoms with Gasteiger partial charge in [0.05, 0.1) is 22.0 Å². The molecule has 0 atom stereocenters. The quantitative estimate of drug-likeness (QED) is 0.911. The van der Waals surface area contributed by atoms with Crippen LogP contribution in [0.1, 0.15) is 5.56 Å². The molecule has 1 aromatic carbocycles. The topological polar surface area (TPSA) is 50.9 Å². The van der Waals surface area contributed by atoms with Crippen molar-refractivity contribution in [3.8, 4) is 0 Å². The number of hydrogen-bond donors (Lipinski definition) is 2. The molecular formula is C13H13BrFN3. The van der Waals surface area contributed by atoms with E-state index in [1.54, 1.807) is 24.5 Å². The summed E-state index contributed by atoms with van der Waals surface area (Å²) in [4.78, 5) is 3.97. The Labute approximate surface area is 113 Å². The Morgan fingerprint density at radius 3 is 2.61 bits per heavy atom. The van der Waals surface area contributed by atoms with Crippen LogP contribution in [0.15, 0.2) is 41.1 Å². The van der Waals surface area contributed by atoms with E-state index in [1.807, 2.05) is 0 Å². The first-order valence-corrected chi connectivity index (χ1v) is 6.33. The molecule has 0 fully saturated rings. The zero-order chi connectivity index (χ0) is 13.0. The van der Waals surface area contributed by atoms with Crippen LogP contribution in [-0.4, -0.2) is 11.5 Å². The molecule has 0 radical (unpaired) electrons. The Kier molecular flexibility index (Phi) is 4.15. The van der Waals surface area contributed by atoms with Crippen molar-refractivity contribution in [2.24, 2.45) is 0 Å². The number of hydrogen-bond acceptors (Lipinski definition) is 3. The van der Waals surface area contributed by atoms with Gasteiger partial charge in [0.25, 0.3) is 0 Å². The average Bonchev–Trinajstić information content (AvgIpc) is 2.35. The van der Waals surface area contributed by atoms with Gasteiger partial charge in [0.15, 0.2) is 0 Å². The van der Waals surface area contributed by atoms with E-state index in [0.29, 0.717) is 5.69 Å². The van der Waals surface area contributed by atoms with Crippen LogP contribution in [0.25, 0.3) is 0 Å². The molecule has 18 heavy (non-hydrogen) atoms. The Morgan fingerprint density at radius 1 is 1.22 bits per heavy atom. The van der Waals surface area contributed by atoms with Gasteiger partial charge in [-0.1, -0.05) is 12.1 Å². The minimum absolute atomic E-state index is 0.215. The van der Waals surface area contributed by atoms with Crippen LogP contribution in [0.3, 0.4) is 0 Å². The van der Waals surface area contributed by atoms with Gasteiger partial charge in [0.1, 0.15) is 5.82 Å². The predicted octanol–water partition coefficient (Wildman–Crippen LogP) is 3.22. The van der Waals surface area contributed by atoms with Gasteiger partial charge >= 0.3 is 0 Å². The lowest BCUT2D eigenvalue weighted by atomic mass is 10.1. The molecule has 3 N–H and O–H groups in total.